The zero-order valence-corrected chi connectivity index (χ0v) is 13.9. The maximum absolute atomic E-state index is 12.4. The standard InChI is InChI=1S/C14H19N3O2S2/c1-4-12-8-16-14(20-12)10(3)17-21(18,19)13-6-9(2)5-11(15)7-13/h5-8,10,17H,4,15H2,1-3H3. The number of sulfonamides is 1. The number of thiazole rings is 1. The van der Waals surface area contributed by atoms with Crippen LogP contribution in [-0.4, -0.2) is 13.4 Å². The molecule has 1 aromatic heterocycles. The van der Waals surface area contributed by atoms with Gasteiger partial charge in [-0.25, -0.2) is 18.1 Å². The highest BCUT2D eigenvalue weighted by atomic mass is 32.2. The maximum Gasteiger partial charge on any atom is 0.241 e. The van der Waals surface area contributed by atoms with Gasteiger partial charge in [0.05, 0.1) is 10.9 Å². The molecule has 114 valence electrons. The molecule has 1 aromatic carbocycles. The Morgan fingerprint density at radius 2 is 2.10 bits per heavy atom. The second-order valence-electron chi connectivity index (χ2n) is 4.94. The molecule has 0 amide bonds. The summed E-state index contributed by atoms with van der Waals surface area (Å²) in [5.74, 6) is 0. The van der Waals surface area contributed by atoms with Crippen LogP contribution in [0.1, 0.15) is 35.3 Å². The quantitative estimate of drug-likeness (QED) is 0.828. The van der Waals surface area contributed by atoms with Crippen molar-refractivity contribution >= 4 is 27.0 Å². The zero-order chi connectivity index (χ0) is 15.6. The normalized spacial score (nSPS) is 13.3. The average Bonchev–Trinajstić information content (AvgIpc) is 2.86. The molecule has 1 unspecified atom stereocenters. The summed E-state index contributed by atoms with van der Waals surface area (Å²) < 4.78 is 27.5. The molecule has 0 aliphatic rings. The minimum absolute atomic E-state index is 0.180. The minimum Gasteiger partial charge on any atom is -0.399 e. The highest BCUT2D eigenvalue weighted by Gasteiger charge is 2.20. The number of hydrogen-bond donors (Lipinski definition) is 2. The lowest BCUT2D eigenvalue weighted by Gasteiger charge is -2.13. The topological polar surface area (TPSA) is 85.1 Å². The summed E-state index contributed by atoms with van der Waals surface area (Å²) in [5, 5.41) is 0.760. The van der Waals surface area contributed by atoms with Crippen molar-refractivity contribution in [3.63, 3.8) is 0 Å². The first-order valence-electron chi connectivity index (χ1n) is 6.66. The summed E-state index contributed by atoms with van der Waals surface area (Å²) in [7, 11) is -3.61. The van der Waals surface area contributed by atoms with Crippen LogP contribution < -0.4 is 10.5 Å². The second kappa shape index (κ2) is 6.13. The van der Waals surface area contributed by atoms with Gasteiger partial charge < -0.3 is 5.73 Å². The van der Waals surface area contributed by atoms with E-state index in [1.54, 1.807) is 25.3 Å². The molecule has 1 atom stereocenters. The Hall–Kier alpha value is -1.44. The van der Waals surface area contributed by atoms with Gasteiger partial charge in [-0.05, 0) is 44.0 Å². The smallest absolute Gasteiger partial charge is 0.241 e. The van der Waals surface area contributed by atoms with Crippen LogP contribution in [0.3, 0.4) is 0 Å². The second-order valence-corrected chi connectivity index (χ2v) is 7.80. The van der Waals surface area contributed by atoms with Gasteiger partial charge in [-0.1, -0.05) is 6.92 Å². The minimum atomic E-state index is -3.61. The lowest BCUT2D eigenvalue weighted by atomic mass is 10.2. The molecule has 0 aliphatic heterocycles. The number of benzene rings is 1. The number of nitrogens with two attached hydrogens (primary N) is 1. The number of nitrogens with one attached hydrogen (secondary N) is 1. The van der Waals surface area contributed by atoms with Crippen LogP contribution in [0.25, 0.3) is 0 Å². The van der Waals surface area contributed by atoms with Crippen LogP contribution in [0, 0.1) is 6.92 Å². The lowest BCUT2D eigenvalue weighted by molar-refractivity contribution is 0.566. The van der Waals surface area contributed by atoms with Crippen molar-refractivity contribution in [1.29, 1.82) is 0 Å². The predicted octanol–water partition coefficient (Wildman–Crippen LogP) is 2.64. The summed E-state index contributed by atoms with van der Waals surface area (Å²) in [6.45, 7) is 5.64. The van der Waals surface area contributed by atoms with E-state index in [9.17, 15) is 8.42 Å². The number of nitrogens with zero attached hydrogens (tertiary/aromatic N) is 1. The number of aromatic nitrogens is 1. The van der Waals surface area contributed by atoms with E-state index < -0.39 is 10.0 Å². The third-order valence-electron chi connectivity index (χ3n) is 3.01. The number of anilines is 1. The van der Waals surface area contributed by atoms with Crippen molar-refractivity contribution < 1.29 is 8.42 Å². The lowest BCUT2D eigenvalue weighted by Crippen LogP contribution is -2.27. The molecule has 1 heterocycles. The molecule has 21 heavy (non-hydrogen) atoms. The summed E-state index contributed by atoms with van der Waals surface area (Å²) >= 11 is 1.52. The summed E-state index contributed by atoms with van der Waals surface area (Å²) in [5.41, 5.74) is 6.96. The number of aryl methyl sites for hydroxylation is 2. The summed E-state index contributed by atoms with van der Waals surface area (Å²) in [4.78, 5) is 5.58. The highest BCUT2D eigenvalue weighted by molar-refractivity contribution is 7.89. The Balaban J connectivity index is 2.24. The molecule has 2 rings (SSSR count). The molecular weight excluding hydrogens is 306 g/mol. The molecule has 0 saturated heterocycles. The fourth-order valence-electron chi connectivity index (χ4n) is 1.97. The molecule has 2 aromatic rings. The highest BCUT2D eigenvalue weighted by Crippen LogP contribution is 2.23. The Morgan fingerprint density at radius 3 is 2.67 bits per heavy atom. The molecule has 0 aliphatic carbocycles. The molecule has 5 nitrogen and oxygen atoms in total. The number of nitrogen functional groups attached to an aromatic ring is 1. The molecule has 7 heteroatoms. The Bertz CT molecular complexity index is 718. The average molecular weight is 325 g/mol. The Morgan fingerprint density at radius 1 is 1.38 bits per heavy atom. The van der Waals surface area contributed by atoms with Gasteiger partial charge >= 0.3 is 0 Å². The zero-order valence-electron chi connectivity index (χ0n) is 12.3. The van der Waals surface area contributed by atoms with Crippen molar-refractivity contribution in [3.05, 3.63) is 39.8 Å². The van der Waals surface area contributed by atoms with Gasteiger partial charge in [0.1, 0.15) is 5.01 Å². The molecule has 0 saturated carbocycles. The van der Waals surface area contributed by atoms with Gasteiger partial charge in [0.15, 0.2) is 0 Å². The van der Waals surface area contributed by atoms with Crippen LogP contribution in [0.4, 0.5) is 5.69 Å². The third-order valence-corrected chi connectivity index (χ3v) is 5.85. The van der Waals surface area contributed by atoms with Crippen molar-refractivity contribution in [1.82, 2.24) is 9.71 Å². The van der Waals surface area contributed by atoms with Crippen LogP contribution >= 0.6 is 11.3 Å². The predicted molar refractivity (Wildman–Crippen MR) is 85.8 cm³/mol. The maximum atomic E-state index is 12.4. The van der Waals surface area contributed by atoms with Gasteiger partial charge in [-0.2, -0.15) is 0 Å². The largest absolute Gasteiger partial charge is 0.399 e. The number of rotatable bonds is 5. The van der Waals surface area contributed by atoms with Crippen LogP contribution in [0.5, 0.6) is 0 Å². The van der Waals surface area contributed by atoms with E-state index in [4.69, 9.17) is 5.73 Å². The van der Waals surface area contributed by atoms with Crippen LogP contribution in [-0.2, 0) is 16.4 Å². The fourth-order valence-corrected chi connectivity index (χ4v) is 4.25. The first kappa shape index (κ1) is 15.9. The molecule has 0 spiro atoms. The molecule has 0 radical (unpaired) electrons. The van der Waals surface area contributed by atoms with Gasteiger partial charge in [0.2, 0.25) is 10.0 Å². The van der Waals surface area contributed by atoms with Crippen molar-refractivity contribution in [2.24, 2.45) is 0 Å². The van der Waals surface area contributed by atoms with Crippen LogP contribution in [0.2, 0.25) is 0 Å². The van der Waals surface area contributed by atoms with Crippen molar-refractivity contribution in [2.45, 2.75) is 38.1 Å². The monoisotopic (exact) mass is 325 g/mol. The van der Waals surface area contributed by atoms with Gasteiger partial charge in [-0.15, -0.1) is 11.3 Å². The van der Waals surface area contributed by atoms with Crippen molar-refractivity contribution in [2.75, 3.05) is 5.73 Å². The van der Waals surface area contributed by atoms with E-state index in [1.165, 1.54) is 17.4 Å². The molecule has 0 fully saturated rings. The van der Waals surface area contributed by atoms with Crippen LogP contribution in [0.15, 0.2) is 29.3 Å². The summed E-state index contributed by atoms with van der Waals surface area (Å²) in [6.07, 6.45) is 2.68. The fraction of sp³-hybridized carbons (Fsp3) is 0.357. The van der Waals surface area contributed by atoms with E-state index in [0.29, 0.717) is 5.69 Å². The SMILES string of the molecule is CCc1cnc(C(C)NS(=O)(=O)c2cc(C)cc(N)c2)s1. The van der Waals surface area contributed by atoms with E-state index in [2.05, 4.69) is 9.71 Å². The Kier molecular flexibility index (Phi) is 4.65. The molecular formula is C14H19N3O2S2. The first-order valence-corrected chi connectivity index (χ1v) is 8.96. The molecule has 3 N–H and O–H groups in total. The third kappa shape index (κ3) is 3.81. The summed E-state index contributed by atoms with van der Waals surface area (Å²) in [6, 6.07) is 4.42. The Labute approximate surface area is 129 Å². The van der Waals surface area contributed by atoms with Gasteiger partial charge in [0.25, 0.3) is 0 Å². The van der Waals surface area contributed by atoms with E-state index in [-0.39, 0.29) is 10.9 Å². The van der Waals surface area contributed by atoms with Crippen molar-refractivity contribution in [3.8, 4) is 0 Å². The molecule has 0 bridgehead atoms. The van der Waals surface area contributed by atoms with E-state index in [0.717, 1.165) is 21.9 Å². The van der Waals surface area contributed by atoms with Gasteiger partial charge in [-0.3, -0.25) is 0 Å². The number of hydrogen-bond acceptors (Lipinski definition) is 5. The first-order chi connectivity index (χ1) is 9.81. The van der Waals surface area contributed by atoms with E-state index >= 15 is 0 Å². The van der Waals surface area contributed by atoms with E-state index in [1.807, 2.05) is 13.8 Å². The van der Waals surface area contributed by atoms with Gasteiger partial charge in [0, 0.05) is 16.8 Å².